The lowest BCUT2D eigenvalue weighted by Crippen LogP contribution is -2.35. The summed E-state index contributed by atoms with van der Waals surface area (Å²) < 4.78 is 0. The van der Waals surface area contributed by atoms with Gasteiger partial charge >= 0.3 is 5.97 Å². The Labute approximate surface area is 137 Å². The van der Waals surface area contributed by atoms with Gasteiger partial charge in [0.2, 0.25) is 5.84 Å². The number of H-pyrrole nitrogens is 1. The van der Waals surface area contributed by atoms with Crippen LogP contribution >= 0.6 is 0 Å². The molecule has 0 spiro atoms. The minimum absolute atomic E-state index is 0.135. The number of benzene rings is 2. The van der Waals surface area contributed by atoms with Crippen LogP contribution < -0.4 is 10.3 Å². The maximum absolute atomic E-state index is 10.8. The van der Waals surface area contributed by atoms with Crippen LogP contribution in [0.15, 0.2) is 71.4 Å². The van der Waals surface area contributed by atoms with Gasteiger partial charge in [-0.2, -0.15) is 0 Å². The van der Waals surface area contributed by atoms with Crippen molar-refractivity contribution < 1.29 is 14.9 Å². The Bertz CT molecular complexity index is 1010. The van der Waals surface area contributed by atoms with E-state index < -0.39 is 5.97 Å². The van der Waals surface area contributed by atoms with Crippen LogP contribution in [0.3, 0.4) is 0 Å². The van der Waals surface area contributed by atoms with E-state index in [-0.39, 0.29) is 5.70 Å². The summed E-state index contributed by atoms with van der Waals surface area (Å²) >= 11 is 0. The van der Waals surface area contributed by atoms with Crippen LogP contribution in [0.2, 0.25) is 0 Å². The average molecular weight is 317 g/mol. The molecular formula is C18H13N4O2+. The Kier molecular flexibility index (Phi) is 3.28. The number of nitrogens with zero attached hydrogens (tertiary/aromatic N) is 2. The van der Waals surface area contributed by atoms with Crippen molar-refractivity contribution in [2.75, 3.05) is 0 Å². The van der Waals surface area contributed by atoms with Crippen molar-refractivity contribution in [1.29, 1.82) is 0 Å². The lowest BCUT2D eigenvalue weighted by atomic mass is 10.2. The Hall–Kier alpha value is -3.54. The maximum Gasteiger partial charge on any atom is 0.352 e. The maximum atomic E-state index is 10.8. The third kappa shape index (κ3) is 2.50. The molecule has 0 radical (unpaired) electrons. The molecule has 0 saturated heterocycles. The van der Waals surface area contributed by atoms with E-state index in [9.17, 15) is 4.79 Å². The second-order valence-corrected chi connectivity index (χ2v) is 5.30. The Morgan fingerprint density at radius 3 is 2.54 bits per heavy atom. The smallest absolute Gasteiger partial charge is 0.352 e. The predicted molar refractivity (Wildman–Crippen MR) is 89.7 cm³/mol. The zero-order valence-corrected chi connectivity index (χ0v) is 12.5. The van der Waals surface area contributed by atoms with E-state index in [0.29, 0.717) is 17.5 Å². The fraction of sp³-hybridized carbons (Fsp3) is 0. The van der Waals surface area contributed by atoms with Gasteiger partial charge in [0.05, 0.1) is 10.9 Å². The molecule has 0 fully saturated rings. The van der Waals surface area contributed by atoms with Crippen LogP contribution in [-0.2, 0) is 4.79 Å². The SMILES string of the molecule is O=C(O)C1=CC(=Nc2[nH+]c(-c3ccccc3)nc3ccccc23)N1. The molecule has 2 aromatic carbocycles. The number of aliphatic imine (C=N–C) groups is 1. The zero-order valence-electron chi connectivity index (χ0n) is 12.5. The average Bonchev–Trinajstić information content (AvgIpc) is 2.57. The second-order valence-electron chi connectivity index (χ2n) is 5.30. The Morgan fingerprint density at radius 2 is 1.79 bits per heavy atom. The van der Waals surface area contributed by atoms with Crippen molar-refractivity contribution in [2.24, 2.45) is 4.99 Å². The molecule has 3 N–H and O–H groups in total. The lowest BCUT2D eigenvalue weighted by Gasteiger charge is -2.12. The van der Waals surface area contributed by atoms with Gasteiger partial charge in [-0.15, -0.1) is 4.98 Å². The number of hydrogen-bond donors (Lipinski definition) is 2. The van der Waals surface area contributed by atoms with Crippen molar-refractivity contribution in [1.82, 2.24) is 10.3 Å². The third-order valence-corrected chi connectivity index (χ3v) is 3.68. The number of para-hydroxylation sites is 1. The van der Waals surface area contributed by atoms with E-state index in [1.165, 1.54) is 6.08 Å². The van der Waals surface area contributed by atoms with Gasteiger partial charge in [0.25, 0.3) is 11.6 Å². The fourth-order valence-electron chi connectivity index (χ4n) is 2.49. The first-order valence-electron chi connectivity index (χ1n) is 7.39. The van der Waals surface area contributed by atoms with Gasteiger partial charge in [-0.25, -0.2) is 9.78 Å². The first-order valence-corrected chi connectivity index (χ1v) is 7.39. The molecule has 0 amide bonds. The molecule has 6 nitrogen and oxygen atoms in total. The topological polar surface area (TPSA) is 88.7 Å². The van der Waals surface area contributed by atoms with E-state index in [1.54, 1.807) is 0 Å². The normalized spacial score (nSPS) is 14.8. The van der Waals surface area contributed by atoms with Crippen LogP contribution in [0.4, 0.5) is 5.82 Å². The molecule has 24 heavy (non-hydrogen) atoms. The molecule has 116 valence electrons. The summed E-state index contributed by atoms with van der Waals surface area (Å²) in [6.45, 7) is 0. The van der Waals surface area contributed by atoms with Crippen LogP contribution in [0.25, 0.3) is 22.3 Å². The molecule has 4 rings (SSSR count). The second kappa shape index (κ2) is 5.58. The van der Waals surface area contributed by atoms with Gasteiger partial charge in [-0.1, -0.05) is 35.3 Å². The lowest BCUT2D eigenvalue weighted by molar-refractivity contribution is -0.351. The highest BCUT2D eigenvalue weighted by Crippen LogP contribution is 2.24. The molecule has 0 aliphatic carbocycles. The van der Waals surface area contributed by atoms with Gasteiger partial charge in [-0.3, -0.25) is 0 Å². The molecule has 0 unspecified atom stereocenters. The van der Waals surface area contributed by atoms with Crippen molar-refractivity contribution in [3.8, 4) is 11.4 Å². The van der Waals surface area contributed by atoms with Crippen molar-refractivity contribution in [3.63, 3.8) is 0 Å². The largest absolute Gasteiger partial charge is 0.477 e. The van der Waals surface area contributed by atoms with E-state index >= 15 is 0 Å². The van der Waals surface area contributed by atoms with E-state index in [2.05, 4.69) is 20.3 Å². The van der Waals surface area contributed by atoms with Crippen LogP contribution in [0.5, 0.6) is 0 Å². The van der Waals surface area contributed by atoms with Gasteiger partial charge < -0.3 is 10.4 Å². The highest BCUT2D eigenvalue weighted by Gasteiger charge is 2.23. The number of nitrogens with one attached hydrogen (secondary N) is 2. The van der Waals surface area contributed by atoms with E-state index in [1.807, 2.05) is 54.6 Å². The molecule has 3 aromatic rings. The van der Waals surface area contributed by atoms with E-state index in [0.717, 1.165) is 16.5 Å². The van der Waals surface area contributed by atoms with Crippen LogP contribution in [-0.4, -0.2) is 21.9 Å². The number of carboxylic acid groups (broad SMARTS) is 1. The first kappa shape index (κ1) is 14.1. The number of rotatable bonds is 3. The first-order chi connectivity index (χ1) is 11.7. The predicted octanol–water partition coefficient (Wildman–Crippen LogP) is 2.32. The summed E-state index contributed by atoms with van der Waals surface area (Å²) in [4.78, 5) is 23.2. The summed E-state index contributed by atoms with van der Waals surface area (Å²) in [5.74, 6) is 0.833. The van der Waals surface area contributed by atoms with Crippen molar-refractivity contribution in [3.05, 3.63) is 66.4 Å². The van der Waals surface area contributed by atoms with Crippen LogP contribution in [0, 0.1) is 0 Å². The number of fused-ring (bicyclic) bond motifs is 1. The molecule has 6 heteroatoms. The molecule has 0 saturated carbocycles. The molecule has 1 aliphatic heterocycles. The van der Waals surface area contributed by atoms with Crippen LogP contribution in [0.1, 0.15) is 0 Å². The zero-order chi connectivity index (χ0) is 16.5. The van der Waals surface area contributed by atoms with Gasteiger partial charge in [0.15, 0.2) is 5.52 Å². The number of aromatic amines is 1. The molecule has 0 bridgehead atoms. The quantitative estimate of drug-likeness (QED) is 0.776. The number of carbonyl (C=O) groups is 1. The fourth-order valence-corrected chi connectivity index (χ4v) is 2.49. The van der Waals surface area contributed by atoms with Gasteiger partial charge in [-0.05, 0) is 24.3 Å². The number of aromatic nitrogens is 2. The van der Waals surface area contributed by atoms with Crippen molar-refractivity contribution >= 4 is 28.5 Å². The highest BCUT2D eigenvalue weighted by atomic mass is 16.4. The molecule has 2 heterocycles. The summed E-state index contributed by atoms with van der Waals surface area (Å²) in [5.41, 5.74) is 1.90. The van der Waals surface area contributed by atoms with Gasteiger partial charge in [0, 0.05) is 6.08 Å². The number of hydrogen-bond acceptors (Lipinski definition) is 3. The summed E-state index contributed by atoms with van der Waals surface area (Å²) in [7, 11) is 0. The van der Waals surface area contributed by atoms with Crippen molar-refractivity contribution in [2.45, 2.75) is 0 Å². The molecule has 1 aromatic heterocycles. The monoisotopic (exact) mass is 317 g/mol. The highest BCUT2D eigenvalue weighted by molar-refractivity contribution is 6.12. The molecule has 1 aliphatic rings. The standard InChI is InChI=1S/C18H12N4O2/c23-18(24)14-10-15(19-14)21-17-12-8-4-5-9-13(12)20-16(22-17)11-6-2-1-3-7-11/h1-10H,(H,23,24)(H,19,20,21,22)/p+1. The summed E-state index contributed by atoms with van der Waals surface area (Å²) in [5, 5.41) is 12.5. The van der Waals surface area contributed by atoms with E-state index in [4.69, 9.17) is 5.11 Å². The molecular weight excluding hydrogens is 304 g/mol. The third-order valence-electron chi connectivity index (χ3n) is 3.68. The Morgan fingerprint density at radius 1 is 1.08 bits per heavy atom. The molecule has 0 atom stereocenters. The number of aliphatic carboxylic acids is 1. The Balaban J connectivity index is 1.85. The summed E-state index contributed by atoms with van der Waals surface area (Å²) in [6.07, 6.45) is 1.49. The number of carboxylic acids is 1. The van der Waals surface area contributed by atoms with Gasteiger partial charge in [0.1, 0.15) is 5.70 Å². The number of amidine groups is 1. The summed E-state index contributed by atoms with van der Waals surface area (Å²) in [6, 6.07) is 17.5. The minimum Gasteiger partial charge on any atom is -0.477 e. The minimum atomic E-state index is -0.998.